The maximum atomic E-state index is 5.47. The summed E-state index contributed by atoms with van der Waals surface area (Å²) in [6, 6.07) is 10.4. The van der Waals surface area contributed by atoms with Crippen LogP contribution in [-0.4, -0.2) is 49.4 Å². The van der Waals surface area contributed by atoms with E-state index in [1.165, 1.54) is 5.69 Å². The Morgan fingerprint density at radius 1 is 1.12 bits per heavy atom. The average Bonchev–Trinajstić information content (AvgIpc) is 2.63. The van der Waals surface area contributed by atoms with Gasteiger partial charge in [0, 0.05) is 37.9 Å². The van der Waals surface area contributed by atoms with Crippen molar-refractivity contribution in [1.82, 2.24) is 9.97 Å². The Morgan fingerprint density at radius 3 is 2.56 bits per heavy atom. The maximum Gasteiger partial charge on any atom is 0.227 e. The summed E-state index contributed by atoms with van der Waals surface area (Å²) >= 11 is 0. The van der Waals surface area contributed by atoms with Gasteiger partial charge in [0.15, 0.2) is 0 Å². The van der Waals surface area contributed by atoms with Crippen molar-refractivity contribution >= 4 is 23.1 Å². The van der Waals surface area contributed by atoms with E-state index in [2.05, 4.69) is 52.1 Å². The predicted molar refractivity (Wildman–Crippen MR) is 103 cm³/mol. The first-order chi connectivity index (χ1) is 12.2. The van der Waals surface area contributed by atoms with Crippen molar-refractivity contribution in [2.75, 3.05) is 54.5 Å². The molecule has 6 nitrogen and oxygen atoms in total. The molecule has 0 aliphatic carbocycles. The number of anilines is 4. The normalized spacial score (nSPS) is 14.4. The van der Waals surface area contributed by atoms with Gasteiger partial charge < -0.3 is 19.9 Å². The fourth-order valence-electron chi connectivity index (χ4n) is 3.06. The zero-order valence-corrected chi connectivity index (χ0v) is 15.3. The summed E-state index contributed by atoms with van der Waals surface area (Å²) in [7, 11) is 0. The number of morpholine rings is 1. The van der Waals surface area contributed by atoms with Crippen LogP contribution in [-0.2, 0) is 4.74 Å². The van der Waals surface area contributed by atoms with Crippen LogP contribution >= 0.6 is 0 Å². The molecule has 134 valence electrons. The molecule has 6 heteroatoms. The summed E-state index contributed by atoms with van der Waals surface area (Å²) in [6.45, 7) is 11.4. The highest BCUT2D eigenvalue weighted by atomic mass is 16.5. The fraction of sp³-hybridized carbons (Fsp3) is 0.474. The quantitative estimate of drug-likeness (QED) is 0.871. The minimum Gasteiger partial charge on any atom is -0.378 e. The van der Waals surface area contributed by atoms with E-state index in [4.69, 9.17) is 9.72 Å². The van der Waals surface area contributed by atoms with Crippen LogP contribution in [0.15, 0.2) is 30.3 Å². The molecule has 0 unspecified atom stereocenters. The Balaban J connectivity index is 1.87. The van der Waals surface area contributed by atoms with Gasteiger partial charge in [-0.15, -0.1) is 0 Å². The van der Waals surface area contributed by atoms with Crippen molar-refractivity contribution in [2.24, 2.45) is 0 Å². The van der Waals surface area contributed by atoms with Crippen LogP contribution in [0.4, 0.5) is 23.1 Å². The smallest absolute Gasteiger partial charge is 0.227 e. The molecule has 1 fully saturated rings. The Bertz CT molecular complexity index is 696. The van der Waals surface area contributed by atoms with Crippen LogP contribution in [0.1, 0.15) is 19.5 Å². The van der Waals surface area contributed by atoms with Gasteiger partial charge in [-0.05, 0) is 32.9 Å². The number of nitrogens with one attached hydrogen (secondary N) is 1. The Hall–Kier alpha value is -2.34. The second kappa shape index (κ2) is 8.16. The minimum atomic E-state index is 0.771. The van der Waals surface area contributed by atoms with Gasteiger partial charge in [0.25, 0.3) is 0 Å². The van der Waals surface area contributed by atoms with E-state index in [1.54, 1.807) is 0 Å². The lowest BCUT2D eigenvalue weighted by Gasteiger charge is -2.30. The van der Waals surface area contributed by atoms with Crippen LogP contribution < -0.4 is 15.1 Å². The van der Waals surface area contributed by atoms with Crippen LogP contribution in [0.2, 0.25) is 0 Å². The zero-order chi connectivity index (χ0) is 17.6. The van der Waals surface area contributed by atoms with Gasteiger partial charge in [0.05, 0.1) is 24.6 Å². The standard InChI is InChI=1S/C19H27N5O/c1-4-23(5-2)19-20-15(3)14-18(22-19)21-16-8-6-7-9-17(16)24-10-12-25-13-11-24/h6-9,14H,4-5,10-13H2,1-3H3,(H,20,21,22). The van der Waals surface area contributed by atoms with Crippen LogP contribution in [0, 0.1) is 6.92 Å². The number of ether oxygens (including phenoxy) is 1. The number of hydrogen-bond donors (Lipinski definition) is 1. The Kier molecular flexibility index (Phi) is 5.71. The summed E-state index contributed by atoms with van der Waals surface area (Å²) in [5.41, 5.74) is 3.21. The number of aryl methyl sites for hydroxylation is 1. The number of rotatable bonds is 6. The van der Waals surface area contributed by atoms with E-state index in [0.717, 1.165) is 62.5 Å². The van der Waals surface area contributed by atoms with E-state index >= 15 is 0 Å². The first kappa shape index (κ1) is 17.5. The van der Waals surface area contributed by atoms with Gasteiger partial charge in [-0.3, -0.25) is 0 Å². The molecule has 0 spiro atoms. The van der Waals surface area contributed by atoms with E-state index < -0.39 is 0 Å². The lowest BCUT2D eigenvalue weighted by atomic mass is 10.2. The zero-order valence-electron chi connectivity index (χ0n) is 15.3. The lowest BCUT2D eigenvalue weighted by Crippen LogP contribution is -2.36. The molecule has 2 heterocycles. The van der Waals surface area contributed by atoms with Crippen molar-refractivity contribution in [1.29, 1.82) is 0 Å². The summed E-state index contributed by atoms with van der Waals surface area (Å²) in [4.78, 5) is 13.8. The molecule has 1 N–H and O–H groups in total. The van der Waals surface area contributed by atoms with Crippen LogP contribution in [0.3, 0.4) is 0 Å². The predicted octanol–water partition coefficient (Wildman–Crippen LogP) is 3.21. The monoisotopic (exact) mass is 341 g/mol. The topological polar surface area (TPSA) is 53.5 Å². The SMILES string of the molecule is CCN(CC)c1nc(C)cc(Nc2ccccc2N2CCOCC2)n1. The van der Waals surface area contributed by atoms with E-state index in [9.17, 15) is 0 Å². The molecule has 1 aromatic carbocycles. The second-order valence-electron chi connectivity index (χ2n) is 6.11. The third-order valence-electron chi connectivity index (χ3n) is 4.41. The number of nitrogens with zero attached hydrogens (tertiary/aromatic N) is 4. The van der Waals surface area contributed by atoms with Gasteiger partial charge >= 0.3 is 0 Å². The minimum absolute atomic E-state index is 0.771. The van der Waals surface area contributed by atoms with Crippen molar-refractivity contribution in [2.45, 2.75) is 20.8 Å². The summed E-state index contributed by atoms with van der Waals surface area (Å²) < 4.78 is 5.47. The highest BCUT2D eigenvalue weighted by Gasteiger charge is 2.15. The fourth-order valence-corrected chi connectivity index (χ4v) is 3.06. The first-order valence-corrected chi connectivity index (χ1v) is 9.00. The number of aromatic nitrogens is 2. The molecule has 0 bridgehead atoms. The van der Waals surface area contributed by atoms with Crippen molar-refractivity contribution in [3.8, 4) is 0 Å². The van der Waals surface area contributed by atoms with Crippen molar-refractivity contribution in [3.63, 3.8) is 0 Å². The lowest BCUT2D eigenvalue weighted by molar-refractivity contribution is 0.123. The highest BCUT2D eigenvalue weighted by Crippen LogP contribution is 2.29. The molecule has 0 radical (unpaired) electrons. The van der Waals surface area contributed by atoms with Gasteiger partial charge in [0.1, 0.15) is 5.82 Å². The molecular formula is C19H27N5O. The third kappa shape index (κ3) is 4.20. The van der Waals surface area contributed by atoms with Crippen molar-refractivity contribution < 1.29 is 4.74 Å². The number of benzene rings is 1. The second-order valence-corrected chi connectivity index (χ2v) is 6.11. The van der Waals surface area contributed by atoms with Crippen molar-refractivity contribution in [3.05, 3.63) is 36.0 Å². The molecule has 2 aromatic rings. The third-order valence-corrected chi connectivity index (χ3v) is 4.41. The van der Waals surface area contributed by atoms with Gasteiger partial charge in [-0.2, -0.15) is 4.98 Å². The molecule has 0 atom stereocenters. The van der Waals surface area contributed by atoms with Crippen LogP contribution in [0.25, 0.3) is 0 Å². The maximum absolute atomic E-state index is 5.47. The Morgan fingerprint density at radius 2 is 1.84 bits per heavy atom. The number of para-hydroxylation sites is 2. The molecule has 1 saturated heterocycles. The Labute approximate surface area is 149 Å². The first-order valence-electron chi connectivity index (χ1n) is 9.00. The molecular weight excluding hydrogens is 314 g/mol. The van der Waals surface area contributed by atoms with E-state index in [1.807, 2.05) is 19.1 Å². The highest BCUT2D eigenvalue weighted by molar-refractivity contribution is 5.74. The molecule has 1 aliphatic heterocycles. The largest absolute Gasteiger partial charge is 0.378 e. The van der Waals surface area contributed by atoms with Crippen LogP contribution in [0.5, 0.6) is 0 Å². The van der Waals surface area contributed by atoms with Gasteiger partial charge in [0.2, 0.25) is 5.95 Å². The molecule has 1 aliphatic rings. The summed E-state index contributed by atoms with van der Waals surface area (Å²) in [5.74, 6) is 1.60. The number of hydrogen-bond acceptors (Lipinski definition) is 6. The molecule has 3 rings (SSSR count). The summed E-state index contributed by atoms with van der Waals surface area (Å²) in [5, 5.41) is 3.49. The van der Waals surface area contributed by atoms with Gasteiger partial charge in [-0.25, -0.2) is 4.98 Å². The summed E-state index contributed by atoms with van der Waals surface area (Å²) in [6.07, 6.45) is 0. The van der Waals surface area contributed by atoms with Gasteiger partial charge in [-0.1, -0.05) is 12.1 Å². The average molecular weight is 341 g/mol. The van der Waals surface area contributed by atoms with E-state index in [-0.39, 0.29) is 0 Å². The molecule has 0 saturated carbocycles. The molecule has 0 amide bonds. The van der Waals surface area contributed by atoms with E-state index in [0.29, 0.717) is 0 Å². The molecule has 1 aromatic heterocycles. The molecule has 25 heavy (non-hydrogen) atoms.